The van der Waals surface area contributed by atoms with Gasteiger partial charge < -0.3 is 9.73 Å². The van der Waals surface area contributed by atoms with E-state index in [0.717, 1.165) is 30.5 Å². The highest BCUT2D eigenvalue weighted by Gasteiger charge is 2.16. The Balaban J connectivity index is 2.39. The van der Waals surface area contributed by atoms with Gasteiger partial charge in [0.05, 0.1) is 16.1 Å². The van der Waals surface area contributed by atoms with Gasteiger partial charge in [0.1, 0.15) is 5.76 Å². The molecule has 0 amide bonds. The molecule has 0 saturated heterocycles. The molecule has 0 radical (unpaired) electrons. The second-order valence-corrected chi connectivity index (χ2v) is 5.15. The molecule has 0 bridgehead atoms. The molecule has 98 valence electrons. The van der Waals surface area contributed by atoms with Gasteiger partial charge in [-0.15, -0.1) is 0 Å². The molecule has 4 heteroatoms. The van der Waals surface area contributed by atoms with Crippen LogP contribution < -0.4 is 5.32 Å². The molecule has 1 unspecified atom stereocenters. The van der Waals surface area contributed by atoms with Crippen molar-refractivity contribution in [2.24, 2.45) is 0 Å². The molecule has 1 atom stereocenters. The highest BCUT2D eigenvalue weighted by Crippen LogP contribution is 2.34. The Bertz CT molecular complexity index is 497. The Morgan fingerprint density at radius 3 is 2.56 bits per heavy atom. The Hall–Kier alpha value is -0.700. The molecule has 1 N–H and O–H groups in total. The van der Waals surface area contributed by atoms with Crippen molar-refractivity contribution in [2.75, 3.05) is 6.54 Å². The van der Waals surface area contributed by atoms with E-state index in [9.17, 15) is 0 Å². The topological polar surface area (TPSA) is 25.2 Å². The van der Waals surface area contributed by atoms with E-state index < -0.39 is 0 Å². The standard InChI is InChI=1S/C14H17Cl2NO/c1-3-7-17-12(4-2)13-8-9-10(15)5-6-11(16)14(9)18-13/h5-6,8,12,17H,3-4,7H2,1-2H3. The summed E-state index contributed by atoms with van der Waals surface area (Å²) in [6.45, 7) is 5.24. The van der Waals surface area contributed by atoms with Crippen LogP contribution in [0.3, 0.4) is 0 Å². The van der Waals surface area contributed by atoms with Crippen molar-refractivity contribution in [3.05, 3.63) is 34.0 Å². The van der Waals surface area contributed by atoms with Crippen LogP contribution in [0, 0.1) is 0 Å². The van der Waals surface area contributed by atoms with Gasteiger partial charge in [0.15, 0.2) is 5.58 Å². The molecule has 1 aromatic heterocycles. The molecule has 2 nitrogen and oxygen atoms in total. The number of benzene rings is 1. The van der Waals surface area contributed by atoms with E-state index in [-0.39, 0.29) is 6.04 Å². The van der Waals surface area contributed by atoms with E-state index >= 15 is 0 Å². The minimum atomic E-state index is 0.212. The third-order valence-electron chi connectivity index (χ3n) is 2.99. The summed E-state index contributed by atoms with van der Waals surface area (Å²) in [6.07, 6.45) is 2.06. The lowest BCUT2D eigenvalue weighted by molar-refractivity contribution is 0.421. The molecular formula is C14H17Cl2NO. The van der Waals surface area contributed by atoms with Gasteiger partial charge in [0.2, 0.25) is 0 Å². The molecule has 2 aromatic rings. The molecule has 0 aliphatic carbocycles. The van der Waals surface area contributed by atoms with Gasteiger partial charge in [-0.3, -0.25) is 0 Å². The van der Waals surface area contributed by atoms with Crippen molar-refractivity contribution in [2.45, 2.75) is 32.7 Å². The summed E-state index contributed by atoms with van der Waals surface area (Å²) in [7, 11) is 0. The fraction of sp³-hybridized carbons (Fsp3) is 0.429. The fourth-order valence-electron chi connectivity index (χ4n) is 2.01. The predicted octanol–water partition coefficient (Wildman–Crippen LogP) is 5.19. The van der Waals surface area contributed by atoms with Gasteiger partial charge in [-0.2, -0.15) is 0 Å². The molecule has 1 heterocycles. The predicted molar refractivity (Wildman–Crippen MR) is 77.6 cm³/mol. The summed E-state index contributed by atoms with van der Waals surface area (Å²) in [4.78, 5) is 0. The molecule has 2 rings (SSSR count). The molecule has 1 aromatic carbocycles. The minimum absolute atomic E-state index is 0.212. The van der Waals surface area contributed by atoms with Crippen LogP contribution >= 0.6 is 23.2 Å². The third kappa shape index (κ3) is 2.66. The number of halogens is 2. The van der Waals surface area contributed by atoms with Crippen LogP contribution in [0.5, 0.6) is 0 Å². The Morgan fingerprint density at radius 2 is 1.94 bits per heavy atom. The highest BCUT2D eigenvalue weighted by molar-refractivity contribution is 6.39. The average molecular weight is 286 g/mol. The number of hydrogen-bond acceptors (Lipinski definition) is 2. The summed E-state index contributed by atoms with van der Waals surface area (Å²) in [6, 6.07) is 5.76. The minimum Gasteiger partial charge on any atom is -0.458 e. The first-order chi connectivity index (χ1) is 8.67. The van der Waals surface area contributed by atoms with Gasteiger partial charge in [-0.1, -0.05) is 37.0 Å². The molecular weight excluding hydrogens is 269 g/mol. The number of rotatable bonds is 5. The Morgan fingerprint density at radius 1 is 1.22 bits per heavy atom. The maximum absolute atomic E-state index is 6.16. The first-order valence-corrected chi connectivity index (χ1v) is 7.03. The smallest absolute Gasteiger partial charge is 0.154 e. The zero-order chi connectivity index (χ0) is 13.1. The van der Waals surface area contributed by atoms with E-state index in [1.54, 1.807) is 12.1 Å². The van der Waals surface area contributed by atoms with E-state index in [4.69, 9.17) is 27.6 Å². The summed E-state index contributed by atoms with van der Waals surface area (Å²) < 4.78 is 5.85. The molecule has 0 spiro atoms. The van der Waals surface area contributed by atoms with E-state index in [1.807, 2.05) is 6.07 Å². The SMILES string of the molecule is CCCNC(CC)c1cc2c(Cl)ccc(Cl)c2o1. The van der Waals surface area contributed by atoms with Crippen LogP contribution in [0.25, 0.3) is 11.0 Å². The van der Waals surface area contributed by atoms with E-state index in [1.165, 1.54) is 0 Å². The lowest BCUT2D eigenvalue weighted by atomic mass is 10.1. The largest absolute Gasteiger partial charge is 0.458 e. The zero-order valence-electron chi connectivity index (χ0n) is 10.6. The highest BCUT2D eigenvalue weighted by atomic mass is 35.5. The quantitative estimate of drug-likeness (QED) is 0.818. The second kappa shape index (κ2) is 5.96. The van der Waals surface area contributed by atoms with Crippen LogP contribution in [0.4, 0.5) is 0 Å². The summed E-state index contributed by atoms with van der Waals surface area (Å²) in [5.41, 5.74) is 0.677. The van der Waals surface area contributed by atoms with Crippen molar-refractivity contribution in [3.63, 3.8) is 0 Å². The Kier molecular flexibility index (Phi) is 4.55. The van der Waals surface area contributed by atoms with Gasteiger partial charge in [-0.25, -0.2) is 0 Å². The Labute approximate surface area is 117 Å². The number of nitrogens with one attached hydrogen (secondary N) is 1. The first-order valence-electron chi connectivity index (χ1n) is 6.28. The molecule has 0 saturated carbocycles. The van der Waals surface area contributed by atoms with Crippen LogP contribution in [0.2, 0.25) is 10.0 Å². The van der Waals surface area contributed by atoms with Gasteiger partial charge in [0.25, 0.3) is 0 Å². The van der Waals surface area contributed by atoms with Gasteiger partial charge in [-0.05, 0) is 37.6 Å². The first kappa shape index (κ1) is 13.7. The average Bonchev–Trinajstić information content (AvgIpc) is 2.81. The van der Waals surface area contributed by atoms with Crippen molar-refractivity contribution in [1.29, 1.82) is 0 Å². The van der Waals surface area contributed by atoms with Crippen LogP contribution in [0.15, 0.2) is 22.6 Å². The molecule has 0 aliphatic rings. The van der Waals surface area contributed by atoms with Crippen molar-refractivity contribution in [1.82, 2.24) is 5.32 Å². The number of furan rings is 1. The van der Waals surface area contributed by atoms with Crippen LogP contribution in [-0.2, 0) is 0 Å². The summed E-state index contributed by atoms with van der Waals surface area (Å²) in [5, 5.41) is 5.62. The van der Waals surface area contributed by atoms with Crippen LogP contribution in [0.1, 0.15) is 38.5 Å². The summed E-state index contributed by atoms with van der Waals surface area (Å²) in [5.74, 6) is 0.899. The van der Waals surface area contributed by atoms with E-state index in [2.05, 4.69) is 19.2 Å². The fourth-order valence-corrected chi connectivity index (χ4v) is 2.42. The van der Waals surface area contributed by atoms with E-state index in [0.29, 0.717) is 15.6 Å². The molecule has 18 heavy (non-hydrogen) atoms. The van der Waals surface area contributed by atoms with Crippen molar-refractivity contribution < 1.29 is 4.42 Å². The van der Waals surface area contributed by atoms with Crippen molar-refractivity contribution >= 4 is 34.2 Å². The summed E-state index contributed by atoms with van der Waals surface area (Å²) >= 11 is 12.3. The monoisotopic (exact) mass is 285 g/mol. The molecule has 0 aliphatic heterocycles. The molecule has 0 fully saturated rings. The van der Waals surface area contributed by atoms with Gasteiger partial charge >= 0.3 is 0 Å². The maximum Gasteiger partial charge on any atom is 0.154 e. The van der Waals surface area contributed by atoms with Gasteiger partial charge in [0, 0.05) is 5.39 Å². The zero-order valence-corrected chi connectivity index (χ0v) is 12.1. The van der Waals surface area contributed by atoms with Crippen LogP contribution in [-0.4, -0.2) is 6.54 Å². The second-order valence-electron chi connectivity index (χ2n) is 4.34. The number of hydrogen-bond donors (Lipinski definition) is 1. The lowest BCUT2D eigenvalue weighted by Gasteiger charge is -2.13. The van der Waals surface area contributed by atoms with Crippen molar-refractivity contribution in [3.8, 4) is 0 Å². The normalized spacial score (nSPS) is 13.1. The third-order valence-corrected chi connectivity index (χ3v) is 3.62. The number of fused-ring (bicyclic) bond motifs is 1. The maximum atomic E-state index is 6.16. The lowest BCUT2D eigenvalue weighted by Crippen LogP contribution is -2.20.